The van der Waals surface area contributed by atoms with Gasteiger partial charge in [0.2, 0.25) is 5.91 Å². The van der Waals surface area contributed by atoms with Gasteiger partial charge in [0.15, 0.2) is 0 Å². The molecule has 0 spiro atoms. The fourth-order valence-corrected chi connectivity index (χ4v) is 2.77. The maximum atomic E-state index is 12.9. The lowest BCUT2D eigenvalue weighted by molar-refractivity contribution is -0.119. The van der Waals surface area contributed by atoms with Gasteiger partial charge in [0.05, 0.1) is 35.2 Å². The molecule has 3 rings (SSSR count). The summed E-state index contributed by atoms with van der Waals surface area (Å²) in [5.74, 6) is -0.654. The van der Waals surface area contributed by atoms with Crippen LogP contribution >= 0.6 is 0 Å². The molecule has 0 bridgehead atoms. The number of carbonyl (C=O) groups is 2. The van der Waals surface area contributed by atoms with Gasteiger partial charge in [-0.05, 0) is 33.8 Å². The molecule has 0 aliphatic heterocycles. The Bertz CT molecular complexity index is 1010. The number of carbonyl (C=O) groups excluding carboxylic acids is 2. The fraction of sp³-hybridized carbons (Fsp3) is 0.389. The Hall–Kier alpha value is -3.43. The molecule has 28 heavy (non-hydrogen) atoms. The molecule has 0 saturated heterocycles. The summed E-state index contributed by atoms with van der Waals surface area (Å²) in [6.07, 6.45) is 4.81. The highest BCUT2D eigenvalue weighted by atomic mass is 16.2. The highest BCUT2D eigenvalue weighted by Gasteiger charge is 2.23. The Labute approximate surface area is 162 Å². The first-order valence-corrected chi connectivity index (χ1v) is 9.00. The smallest absolute Gasteiger partial charge is 0.276 e. The van der Waals surface area contributed by atoms with Crippen molar-refractivity contribution in [2.75, 3.05) is 10.6 Å². The molecular weight excluding hydrogens is 360 g/mol. The van der Waals surface area contributed by atoms with Crippen LogP contribution in [0, 0.1) is 13.8 Å². The molecule has 0 aliphatic carbocycles. The van der Waals surface area contributed by atoms with Crippen molar-refractivity contribution in [3.8, 4) is 0 Å². The van der Waals surface area contributed by atoms with Crippen molar-refractivity contribution >= 4 is 23.2 Å². The van der Waals surface area contributed by atoms with E-state index in [1.54, 1.807) is 40.4 Å². The lowest BCUT2D eigenvalue weighted by Crippen LogP contribution is -2.26. The van der Waals surface area contributed by atoms with Crippen LogP contribution in [0.3, 0.4) is 0 Å². The average molecular weight is 384 g/mol. The van der Waals surface area contributed by atoms with Crippen LogP contribution in [0.4, 0.5) is 11.4 Å². The van der Waals surface area contributed by atoms with Crippen LogP contribution in [0.15, 0.2) is 24.7 Å². The van der Waals surface area contributed by atoms with E-state index in [9.17, 15) is 9.59 Å². The summed E-state index contributed by atoms with van der Waals surface area (Å²) < 4.78 is 4.79. The zero-order valence-corrected chi connectivity index (χ0v) is 16.6. The molecule has 3 aromatic rings. The zero-order chi connectivity index (χ0) is 20.4. The van der Waals surface area contributed by atoms with Gasteiger partial charge in [-0.2, -0.15) is 15.3 Å². The van der Waals surface area contributed by atoms with Crippen LogP contribution in [0.5, 0.6) is 0 Å². The van der Waals surface area contributed by atoms with Crippen molar-refractivity contribution in [1.82, 2.24) is 29.3 Å². The van der Waals surface area contributed by atoms with E-state index in [2.05, 4.69) is 25.9 Å². The van der Waals surface area contributed by atoms with Gasteiger partial charge >= 0.3 is 0 Å². The van der Waals surface area contributed by atoms with Crippen LogP contribution in [0.25, 0.3) is 0 Å². The first-order chi connectivity index (χ1) is 13.3. The summed E-state index contributed by atoms with van der Waals surface area (Å²) in [6.45, 7) is 7.81. The van der Waals surface area contributed by atoms with Crippen molar-refractivity contribution in [2.24, 2.45) is 7.05 Å². The van der Waals surface area contributed by atoms with Gasteiger partial charge in [-0.1, -0.05) is 0 Å². The first-order valence-electron chi connectivity index (χ1n) is 9.00. The second-order valence-electron chi connectivity index (χ2n) is 6.55. The van der Waals surface area contributed by atoms with E-state index >= 15 is 0 Å². The minimum absolute atomic E-state index is 0.281. The molecule has 3 aromatic heterocycles. The summed E-state index contributed by atoms with van der Waals surface area (Å²) in [7, 11) is 1.80. The number of amides is 2. The molecule has 0 radical (unpaired) electrons. The summed E-state index contributed by atoms with van der Waals surface area (Å²) in [6, 6.07) is 1.30. The lowest BCUT2D eigenvalue weighted by atomic mass is 10.2. The highest BCUT2D eigenvalue weighted by molar-refractivity contribution is 6.09. The predicted molar refractivity (Wildman–Crippen MR) is 104 cm³/mol. The van der Waals surface area contributed by atoms with Crippen LogP contribution in [-0.4, -0.2) is 41.2 Å². The van der Waals surface area contributed by atoms with E-state index < -0.39 is 6.04 Å². The SMILES string of the molecule is CCn1ncc(NC(=O)C(C)n2ccc(C)n2)c1C(=O)Nc1cnn(C)c1C. The molecule has 148 valence electrons. The molecule has 10 heteroatoms. The van der Waals surface area contributed by atoms with Gasteiger partial charge in [0.1, 0.15) is 11.7 Å². The number of nitrogens with zero attached hydrogens (tertiary/aromatic N) is 6. The maximum absolute atomic E-state index is 12.9. The van der Waals surface area contributed by atoms with Gasteiger partial charge in [0, 0.05) is 19.8 Å². The Kier molecular flexibility index (Phi) is 5.30. The first kappa shape index (κ1) is 19.3. The molecule has 1 atom stereocenters. The van der Waals surface area contributed by atoms with Crippen LogP contribution in [-0.2, 0) is 18.4 Å². The van der Waals surface area contributed by atoms with Crippen molar-refractivity contribution < 1.29 is 9.59 Å². The molecule has 0 aliphatic rings. The van der Waals surface area contributed by atoms with Gasteiger partial charge in [-0.15, -0.1) is 0 Å². The average Bonchev–Trinajstić information content (AvgIpc) is 3.36. The highest BCUT2D eigenvalue weighted by Crippen LogP contribution is 2.20. The molecule has 2 amide bonds. The van der Waals surface area contributed by atoms with Crippen LogP contribution in [0.2, 0.25) is 0 Å². The second kappa shape index (κ2) is 7.67. The molecule has 1 unspecified atom stereocenters. The zero-order valence-electron chi connectivity index (χ0n) is 16.6. The molecule has 0 aromatic carbocycles. The maximum Gasteiger partial charge on any atom is 0.276 e. The van der Waals surface area contributed by atoms with Gasteiger partial charge in [-0.25, -0.2) is 0 Å². The number of rotatable bonds is 6. The third-order valence-corrected chi connectivity index (χ3v) is 4.61. The van der Waals surface area contributed by atoms with Gasteiger partial charge in [0.25, 0.3) is 5.91 Å². The number of aryl methyl sites for hydroxylation is 3. The minimum Gasteiger partial charge on any atom is -0.321 e. The Morgan fingerprint density at radius 1 is 1.14 bits per heavy atom. The van der Waals surface area contributed by atoms with E-state index in [4.69, 9.17) is 0 Å². The van der Waals surface area contributed by atoms with Crippen molar-refractivity contribution in [2.45, 2.75) is 40.3 Å². The summed E-state index contributed by atoms with van der Waals surface area (Å²) in [4.78, 5) is 25.5. The monoisotopic (exact) mass is 384 g/mol. The van der Waals surface area contributed by atoms with E-state index in [0.717, 1.165) is 11.4 Å². The van der Waals surface area contributed by atoms with Crippen molar-refractivity contribution in [3.63, 3.8) is 0 Å². The molecule has 0 fully saturated rings. The largest absolute Gasteiger partial charge is 0.321 e. The lowest BCUT2D eigenvalue weighted by Gasteiger charge is -2.13. The van der Waals surface area contributed by atoms with Crippen LogP contribution < -0.4 is 10.6 Å². The molecular formula is C18H24N8O2. The molecule has 10 nitrogen and oxygen atoms in total. The van der Waals surface area contributed by atoms with Gasteiger partial charge in [-0.3, -0.25) is 23.6 Å². The Balaban J connectivity index is 1.82. The Morgan fingerprint density at radius 3 is 2.43 bits per heavy atom. The third kappa shape index (κ3) is 3.66. The molecule has 2 N–H and O–H groups in total. The van der Waals surface area contributed by atoms with E-state index in [1.807, 2.05) is 26.8 Å². The third-order valence-electron chi connectivity index (χ3n) is 4.61. The Morgan fingerprint density at radius 2 is 1.86 bits per heavy atom. The quantitative estimate of drug-likeness (QED) is 0.674. The number of anilines is 2. The number of hydrogen-bond acceptors (Lipinski definition) is 5. The normalized spacial score (nSPS) is 12.0. The summed E-state index contributed by atoms with van der Waals surface area (Å²) in [5, 5.41) is 18.2. The number of aromatic nitrogens is 6. The predicted octanol–water partition coefficient (Wildman–Crippen LogP) is 1.90. The number of nitrogens with one attached hydrogen (secondary N) is 2. The molecule has 0 saturated carbocycles. The van der Waals surface area contributed by atoms with Crippen LogP contribution in [0.1, 0.15) is 41.8 Å². The van der Waals surface area contributed by atoms with E-state index in [-0.39, 0.29) is 17.5 Å². The summed E-state index contributed by atoms with van der Waals surface area (Å²) >= 11 is 0. The fourth-order valence-electron chi connectivity index (χ4n) is 2.77. The van der Waals surface area contributed by atoms with Crippen molar-refractivity contribution in [3.05, 3.63) is 41.7 Å². The standard InChI is InChI=1S/C18H24N8O2/c1-6-25-16(18(28)21-14-9-19-24(5)12(14)3)15(10-20-25)22-17(27)13(4)26-8-7-11(2)23-26/h7-10,13H,6H2,1-5H3,(H,21,28)(H,22,27). The summed E-state index contributed by atoms with van der Waals surface area (Å²) in [5.41, 5.74) is 2.88. The van der Waals surface area contributed by atoms with E-state index in [1.165, 1.54) is 6.20 Å². The molecule has 3 heterocycles. The second-order valence-corrected chi connectivity index (χ2v) is 6.55. The van der Waals surface area contributed by atoms with Gasteiger partial charge < -0.3 is 10.6 Å². The topological polar surface area (TPSA) is 112 Å². The van der Waals surface area contributed by atoms with E-state index in [0.29, 0.717) is 17.9 Å². The van der Waals surface area contributed by atoms with Crippen molar-refractivity contribution in [1.29, 1.82) is 0 Å². The minimum atomic E-state index is -0.532. The number of hydrogen-bond donors (Lipinski definition) is 2.